The first kappa shape index (κ1) is 12.0. The van der Waals surface area contributed by atoms with Crippen molar-refractivity contribution in [2.75, 3.05) is 13.7 Å². The van der Waals surface area contributed by atoms with E-state index in [2.05, 4.69) is 0 Å². The summed E-state index contributed by atoms with van der Waals surface area (Å²) in [7, 11) is 1.61. The van der Waals surface area contributed by atoms with Crippen molar-refractivity contribution in [3.05, 3.63) is 41.2 Å². The minimum absolute atomic E-state index is 0.637. The van der Waals surface area contributed by atoms with Gasteiger partial charge in [0.05, 0.1) is 13.7 Å². The molecule has 1 aliphatic heterocycles. The standard InChI is InChI=1S/C14H18O3/c1-10-6-7-11(13(9-10)16-2)14(15)12-5-3-4-8-17-12/h5-7,9,14-15H,3-4,8H2,1-2H3. The number of ether oxygens (including phenoxy) is 2. The van der Waals surface area contributed by atoms with Gasteiger partial charge in [0.1, 0.15) is 17.6 Å². The Bertz CT molecular complexity index is 423. The molecule has 1 unspecified atom stereocenters. The van der Waals surface area contributed by atoms with E-state index in [0.29, 0.717) is 18.1 Å². The van der Waals surface area contributed by atoms with Gasteiger partial charge in [-0.05, 0) is 37.5 Å². The third-order valence-electron chi connectivity index (χ3n) is 2.92. The zero-order valence-corrected chi connectivity index (χ0v) is 10.3. The fourth-order valence-corrected chi connectivity index (χ4v) is 1.96. The van der Waals surface area contributed by atoms with Crippen LogP contribution in [0.5, 0.6) is 5.75 Å². The lowest BCUT2D eigenvalue weighted by Gasteiger charge is -2.21. The lowest BCUT2D eigenvalue weighted by atomic mass is 10.0. The minimum atomic E-state index is -0.731. The van der Waals surface area contributed by atoms with E-state index in [4.69, 9.17) is 9.47 Å². The minimum Gasteiger partial charge on any atom is -0.496 e. The van der Waals surface area contributed by atoms with Gasteiger partial charge in [-0.25, -0.2) is 0 Å². The number of hydrogen-bond donors (Lipinski definition) is 1. The molecule has 0 amide bonds. The highest BCUT2D eigenvalue weighted by molar-refractivity contribution is 5.41. The fraction of sp³-hybridized carbons (Fsp3) is 0.429. The number of benzene rings is 1. The van der Waals surface area contributed by atoms with Crippen molar-refractivity contribution >= 4 is 0 Å². The smallest absolute Gasteiger partial charge is 0.139 e. The van der Waals surface area contributed by atoms with Crippen LogP contribution in [0.25, 0.3) is 0 Å². The Balaban J connectivity index is 2.29. The van der Waals surface area contributed by atoms with Gasteiger partial charge in [0.15, 0.2) is 0 Å². The molecule has 0 aliphatic carbocycles. The van der Waals surface area contributed by atoms with E-state index in [0.717, 1.165) is 24.0 Å². The van der Waals surface area contributed by atoms with E-state index in [-0.39, 0.29) is 0 Å². The molecular weight excluding hydrogens is 216 g/mol. The average Bonchev–Trinajstić information content (AvgIpc) is 2.39. The molecule has 2 rings (SSSR count). The van der Waals surface area contributed by atoms with Gasteiger partial charge in [-0.1, -0.05) is 12.1 Å². The number of hydrogen-bond acceptors (Lipinski definition) is 3. The second kappa shape index (κ2) is 5.23. The van der Waals surface area contributed by atoms with Gasteiger partial charge in [-0.15, -0.1) is 0 Å². The first-order chi connectivity index (χ1) is 8.22. The molecule has 1 atom stereocenters. The second-order valence-corrected chi connectivity index (χ2v) is 4.25. The van der Waals surface area contributed by atoms with Gasteiger partial charge in [0.2, 0.25) is 0 Å². The number of methoxy groups -OCH3 is 1. The summed E-state index contributed by atoms with van der Waals surface area (Å²) < 4.78 is 10.8. The van der Waals surface area contributed by atoms with Crippen LogP contribution in [0.1, 0.15) is 30.1 Å². The predicted molar refractivity (Wildman–Crippen MR) is 66.0 cm³/mol. The lowest BCUT2D eigenvalue weighted by molar-refractivity contribution is 0.0902. The number of rotatable bonds is 3. The van der Waals surface area contributed by atoms with Crippen LogP contribution in [-0.4, -0.2) is 18.8 Å². The van der Waals surface area contributed by atoms with Crippen molar-refractivity contribution in [2.45, 2.75) is 25.9 Å². The normalized spacial score (nSPS) is 17.0. The molecule has 0 saturated carbocycles. The summed E-state index contributed by atoms with van der Waals surface area (Å²) >= 11 is 0. The lowest BCUT2D eigenvalue weighted by Crippen LogP contribution is -2.10. The molecule has 1 aromatic rings. The van der Waals surface area contributed by atoms with E-state index < -0.39 is 6.10 Å². The predicted octanol–water partition coefficient (Wildman–Crippen LogP) is 2.73. The maximum atomic E-state index is 10.3. The van der Waals surface area contributed by atoms with E-state index in [1.165, 1.54) is 0 Å². The molecule has 92 valence electrons. The summed E-state index contributed by atoms with van der Waals surface area (Å²) in [6.45, 7) is 2.67. The van der Waals surface area contributed by atoms with Crippen LogP contribution < -0.4 is 4.74 Å². The molecule has 0 saturated heterocycles. The highest BCUT2D eigenvalue weighted by Crippen LogP contribution is 2.32. The number of aryl methyl sites for hydroxylation is 1. The largest absolute Gasteiger partial charge is 0.496 e. The van der Waals surface area contributed by atoms with Crippen LogP contribution >= 0.6 is 0 Å². The first-order valence-electron chi connectivity index (χ1n) is 5.88. The molecule has 0 bridgehead atoms. The van der Waals surface area contributed by atoms with Crippen molar-refractivity contribution < 1.29 is 14.6 Å². The Morgan fingerprint density at radius 3 is 2.88 bits per heavy atom. The van der Waals surface area contributed by atoms with E-state index >= 15 is 0 Å². The Morgan fingerprint density at radius 2 is 2.24 bits per heavy atom. The molecule has 0 radical (unpaired) electrons. The van der Waals surface area contributed by atoms with Gasteiger partial charge < -0.3 is 14.6 Å². The van der Waals surface area contributed by atoms with Crippen LogP contribution in [0, 0.1) is 6.92 Å². The maximum Gasteiger partial charge on any atom is 0.139 e. The molecule has 1 aliphatic rings. The van der Waals surface area contributed by atoms with E-state index in [1.54, 1.807) is 7.11 Å². The Kier molecular flexibility index (Phi) is 3.69. The zero-order valence-electron chi connectivity index (χ0n) is 10.3. The molecule has 0 aromatic heterocycles. The average molecular weight is 234 g/mol. The molecule has 3 nitrogen and oxygen atoms in total. The molecular formula is C14H18O3. The van der Waals surface area contributed by atoms with Crippen LogP contribution in [0.3, 0.4) is 0 Å². The van der Waals surface area contributed by atoms with Gasteiger partial charge in [-0.3, -0.25) is 0 Å². The summed E-state index contributed by atoms with van der Waals surface area (Å²) in [5.74, 6) is 1.34. The van der Waals surface area contributed by atoms with Crippen molar-refractivity contribution in [3.63, 3.8) is 0 Å². The van der Waals surface area contributed by atoms with Gasteiger partial charge in [0, 0.05) is 5.56 Å². The Hall–Kier alpha value is -1.48. The van der Waals surface area contributed by atoms with Crippen molar-refractivity contribution in [3.8, 4) is 5.75 Å². The van der Waals surface area contributed by atoms with Crippen LogP contribution in [-0.2, 0) is 4.74 Å². The summed E-state index contributed by atoms with van der Waals surface area (Å²) in [5.41, 5.74) is 1.86. The summed E-state index contributed by atoms with van der Waals surface area (Å²) in [6.07, 6.45) is 3.20. The quantitative estimate of drug-likeness (QED) is 0.874. The number of allylic oxidation sites excluding steroid dienone is 1. The highest BCUT2D eigenvalue weighted by atomic mass is 16.5. The van der Waals surface area contributed by atoms with Crippen molar-refractivity contribution in [2.24, 2.45) is 0 Å². The Morgan fingerprint density at radius 1 is 1.41 bits per heavy atom. The topological polar surface area (TPSA) is 38.7 Å². The van der Waals surface area contributed by atoms with Crippen molar-refractivity contribution in [1.82, 2.24) is 0 Å². The van der Waals surface area contributed by atoms with Gasteiger partial charge in [-0.2, -0.15) is 0 Å². The molecule has 0 spiro atoms. The van der Waals surface area contributed by atoms with Crippen LogP contribution in [0.2, 0.25) is 0 Å². The SMILES string of the molecule is COc1cc(C)ccc1C(O)C1=CCCCO1. The van der Waals surface area contributed by atoms with E-state index in [9.17, 15) is 5.11 Å². The molecule has 0 fully saturated rings. The zero-order chi connectivity index (χ0) is 12.3. The van der Waals surface area contributed by atoms with Crippen molar-refractivity contribution in [1.29, 1.82) is 0 Å². The Labute approximate surface area is 102 Å². The van der Waals surface area contributed by atoms with E-state index in [1.807, 2.05) is 31.2 Å². The van der Waals surface area contributed by atoms with Gasteiger partial charge in [0.25, 0.3) is 0 Å². The fourth-order valence-electron chi connectivity index (χ4n) is 1.96. The number of aliphatic hydroxyl groups is 1. The third kappa shape index (κ3) is 2.61. The maximum absolute atomic E-state index is 10.3. The summed E-state index contributed by atoms with van der Waals surface area (Å²) in [4.78, 5) is 0. The second-order valence-electron chi connectivity index (χ2n) is 4.25. The number of aliphatic hydroxyl groups excluding tert-OH is 1. The molecule has 1 heterocycles. The van der Waals surface area contributed by atoms with Crippen LogP contribution in [0.4, 0.5) is 0 Å². The third-order valence-corrected chi connectivity index (χ3v) is 2.92. The molecule has 1 aromatic carbocycles. The molecule has 17 heavy (non-hydrogen) atoms. The molecule has 3 heteroatoms. The summed E-state index contributed by atoms with van der Waals surface area (Å²) in [5, 5.41) is 10.3. The van der Waals surface area contributed by atoms with Gasteiger partial charge >= 0.3 is 0 Å². The highest BCUT2D eigenvalue weighted by Gasteiger charge is 2.20. The van der Waals surface area contributed by atoms with Crippen LogP contribution in [0.15, 0.2) is 30.0 Å². The molecule has 1 N–H and O–H groups in total. The summed E-state index contributed by atoms with van der Waals surface area (Å²) in [6, 6.07) is 5.77. The monoisotopic (exact) mass is 234 g/mol. The first-order valence-corrected chi connectivity index (χ1v) is 5.88.